The van der Waals surface area contributed by atoms with Crippen LogP contribution in [0.1, 0.15) is 0 Å². The van der Waals surface area contributed by atoms with Crippen molar-refractivity contribution in [2.24, 2.45) is 0 Å². The van der Waals surface area contributed by atoms with E-state index in [4.69, 9.17) is 0 Å². The van der Waals surface area contributed by atoms with Crippen LogP contribution in [0.3, 0.4) is 0 Å². The molecule has 0 aromatic heterocycles. The number of ether oxygens (including phenoxy) is 1. The molecule has 0 spiro atoms. The van der Waals surface area contributed by atoms with Crippen molar-refractivity contribution in [1.29, 1.82) is 0 Å². The standard InChI is InChI=1S/C6H2Cl2F10O/c7-3(11,12)1(9)5(15,16)19-6(17,18)2(10)4(8,13)14/h1-2H. The highest BCUT2D eigenvalue weighted by Gasteiger charge is 2.65. The van der Waals surface area contributed by atoms with Crippen LogP contribution in [0.25, 0.3) is 0 Å². The van der Waals surface area contributed by atoms with Gasteiger partial charge in [0.05, 0.1) is 0 Å². The molecule has 19 heavy (non-hydrogen) atoms. The summed E-state index contributed by atoms with van der Waals surface area (Å²) in [5.74, 6) is 0. The lowest BCUT2D eigenvalue weighted by Gasteiger charge is -2.29. The smallest absolute Gasteiger partial charge is 0.250 e. The van der Waals surface area contributed by atoms with Crippen molar-refractivity contribution >= 4 is 23.2 Å². The summed E-state index contributed by atoms with van der Waals surface area (Å²) in [5.41, 5.74) is 0. The van der Waals surface area contributed by atoms with Crippen molar-refractivity contribution in [1.82, 2.24) is 0 Å². The van der Waals surface area contributed by atoms with E-state index in [-0.39, 0.29) is 0 Å². The number of alkyl halides is 12. The maximum Gasteiger partial charge on any atom is 0.398 e. The molecule has 0 aliphatic rings. The van der Waals surface area contributed by atoms with Crippen molar-refractivity contribution < 1.29 is 48.6 Å². The van der Waals surface area contributed by atoms with Gasteiger partial charge in [-0.2, -0.15) is 35.1 Å². The summed E-state index contributed by atoms with van der Waals surface area (Å²) in [6.45, 7) is 0. The minimum absolute atomic E-state index is 2.06. The van der Waals surface area contributed by atoms with Crippen LogP contribution in [-0.4, -0.2) is 35.3 Å². The van der Waals surface area contributed by atoms with Crippen molar-refractivity contribution in [2.75, 3.05) is 0 Å². The van der Waals surface area contributed by atoms with Gasteiger partial charge < -0.3 is 0 Å². The number of hydrogen-bond acceptors (Lipinski definition) is 1. The van der Waals surface area contributed by atoms with Gasteiger partial charge in [-0.25, -0.2) is 8.78 Å². The van der Waals surface area contributed by atoms with E-state index in [0.29, 0.717) is 0 Å². The second-order valence-corrected chi connectivity index (χ2v) is 4.04. The Morgan fingerprint density at radius 2 is 0.842 bits per heavy atom. The second kappa shape index (κ2) is 5.32. The lowest BCUT2D eigenvalue weighted by Crippen LogP contribution is -2.52. The molecule has 0 rings (SSSR count). The zero-order chi connectivity index (χ0) is 15.9. The lowest BCUT2D eigenvalue weighted by molar-refractivity contribution is -0.422. The average molecular weight is 351 g/mol. The molecular formula is C6H2Cl2F10O. The van der Waals surface area contributed by atoms with Crippen molar-refractivity contribution in [3.63, 3.8) is 0 Å². The van der Waals surface area contributed by atoms with Gasteiger partial charge in [-0.15, -0.1) is 0 Å². The van der Waals surface area contributed by atoms with E-state index >= 15 is 0 Å². The molecule has 0 bridgehead atoms. The van der Waals surface area contributed by atoms with Crippen LogP contribution < -0.4 is 0 Å². The second-order valence-electron chi connectivity index (χ2n) is 3.03. The van der Waals surface area contributed by atoms with Crippen molar-refractivity contribution in [3.8, 4) is 0 Å². The molecule has 0 amide bonds. The van der Waals surface area contributed by atoms with Crippen LogP contribution in [-0.2, 0) is 4.74 Å². The predicted octanol–water partition coefficient (Wildman–Crippen LogP) is 4.53. The maximum absolute atomic E-state index is 12.5. The quantitative estimate of drug-likeness (QED) is 0.505. The predicted molar refractivity (Wildman–Crippen MR) is 42.4 cm³/mol. The third-order valence-electron chi connectivity index (χ3n) is 1.44. The minimum Gasteiger partial charge on any atom is -0.250 e. The van der Waals surface area contributed by atoms with E-state index < -0.39 is 35.3 Å². The first-order valence-corrected chi connectivity index (χ1v) is 4.65. The first-order valence-electron chi connectivity index (χ1n) is 3.89. The Morgan fingerprint density at radius 1 is 0.632 bits per heavy atom. The third-order valence-corrected chi connectivity index (χ3v) is 1.82. The molecule has 0 fully saturated rings. The van der Waals surface area contributed by atoms with Gasteiger partial charge in [0.15, 0.2) is 0 Å². The highest BCUT2D eigenvalue weighted by Crippen LogP contribution is 2.44. The summed E-state index contributed by atoms with van der Waals surface area (Å²) >= 11 is 7.57. The Morgan fingerprint density at radius 3 is 1.00 bits per heavy atom. The van der Waals surface area contributed by atoms with Gasteiger partial charge >= 0.3 is 23.0 Å². The van der Waals surface area contributed by atoms with Gasteiger partial charge in [0, 0.05) is 0 Å². The minimum atomic E-state index is -6.05. The summed E-state index contributed by atoms with van der Waals surface area (Å²) in [7, 11) is 0. The monoisotopic (exact) mass is 350 g/mol. The number of rotatable bonds is 6. The van der Waals surface area contributed by atoms with E-state index in [1.807, 2.05) is 0 Å². The highest BCUT2D eigenvalue weighted by atomic mass is 35.5. The molecule has 0 N–H and O–H groups in total. The molecule has 1 nitrogen and oxygen atoms in total. The number of halogens is 12. The van der Waals surface area contributed by atoms with Gasteiger partial charge in [-0.05, 0) is 23.2 Å². The summed E-state index contributed by atoms with van der Waals surface area (Å²) in [6, 6.07) is 0. The molecule has 0 aliphatic heterocycles. The first-order chi connectivity index (χ1) is 8.02. The van der Waals surface area contributed by atoms with E-state index in [1.54, 1.807) is 0 Å². The van der Waals surface area contributed by atoms with Crippen LogP contribution in [0.15, 0.2) is 0 Å². The van der Waals surface area contributed by atoms with Crippen LogP contribution >= 0.6 is 23.2 Å². The maximum atomic E-state index is 12.5. The molecule has 0 heterocycles. The van der Waals surface area contributed by atoms with Gasteiger partial charge in [0.1, 0.15) is 0 Å². The molecule has 2 unspecified atom stereocenters. The normalized spacial score (nSPS) is 18.3. The molecular weight excluding hydrogens is 349 g/mol. The van der Waals surface area contributed by atoms with Gasteiger partial charge in [-0.1, -0.05) is 0 Å². The molecule has 0 aromatic rings. The van der Waals surface area contributed by atoms with Crippen molar-refractivity contribution in [2.45, 2.75) is 35.3 Å². The van der Waals surface area contributed by atoms with Gasteiger partial charge in [-0.3, -0.25) is 4.74 Å². The van der Waals surface area contributed by atoms with Crippen molar-refractivity contribution in [3.05, 3.63) is 0 Å². The average Bonchev–Trinajstić information content (AvgIpc) is 2.10. The largest absolute Gasteiger partial charge is 0.398 e. The van der Waals surface area contributed by atoms with E-state index in [9.17, 15) is 43.9 Å². The Bertz CT molecular complexity index is 280. The topological polar surface area (TPSA) is 9.23 Å². The van der Waals surface area contributed by atoms with Crippen LogP contribution in [0, 0.1) is 0 Å². The van der Waals surface area contributed by atoms with Gasteiger partial charge in [0.2, 0.25) is 0 Å². The first kappa shape index (κ1) is 18.8. The molecule has 0 aromatic carbocycles. The summed E-state index contributed by atoms with van der Waals surface area (Å²) in [6.07, 6.45) is -21.8. The van der Waals surface area contributed by atoms with Crippen LogP contribution in [0.5, 0.6) is 0 Å². The molecule has 13 heteroatoms. The zero-order valence-electron chi connectivity index (χ0n) is 8.10. The molecule has 0 aliphatic carbocycles. The molecule has 0 radical (unpaired) electrons. The fourth-order valence-corrected chi connectivity index (χ4v) is 0.920. The van der Waals surface area contributed by atoms with E-state index in [1.165, 1.54) is 0 Å². The summed E-state index contributed by atoms with van der Waals surface area (Å²) in [5, 5.41) is -10.7. The summed E-state index contributed by atoms with van der Waals surface area (Å²) in [4.78, 5) is 0. The van der Waals surface area contributed by atoms with Crippen LogP contribution in [0.2, 0.25) is 0 Å². The lowest BCUT2D eigenvalue weighted by atomic mass is 10.3. The fourth-order valence-electron chi connectivity index (χ4n) is 0.666. The molecule has 116 valence electrons. The SMILES string of the molecule is FC(C(F)(F)Cl)C(F)(F)OC(F)(F)C(F)C(F)(F)Cl. The Hall–Kier alpha value is -0.160. The van der Waals surface area contributed by atoms with Gasteiger partial charge in [0.25, 0.3) is 12.3 Å². The summed E-state index contributed by atoms with van der Waals surface area (Å²) < 4.78 is 124. The fraction of sp³-hybridized carbons (Fsp3) is 1.00. The molecule has 0 saturated heterocycles. The zero-order valence-corrected chi connectivity index (χ0v) is 9.61. The highest BCUT2D eigenvalue weighted by molar-refractivity contribution is 6.22. The Labute approximate surface area is 108 Å². The Balaban J connectivity index is 5.11. The Kier molecular flexibility index (Phi) is 5.27. The van der Waals surface area contributed by atoms with E-state index in [2.05, 4.69) is 27.9 Å². The molecule has 0 saturated carbocycles. The van der Waals surface area contributed by atoms with Crippen LogP contribution in [0.4, 0.5) is 43.9 Å². The molecule has 2 atom stereocenters. The third kappa shape index (κ3) is 5.03. The number of hydrogen-bond donors (Lipinski definition) is 0. The van der Waals surface area contributed by atoms with E-state index in [0.717, 1.165) is 0 Å².